The summed E-state index contributed by atoms with van der Waals surface area (Å²) >= 11 is 0. The van der Waals surface area contributed by atoms with Crippen LogP contribution in [0.25, 0.3) is 0 Å². The zero-order chi connectivity index (χ0) is 9.80. The Labute approximate surface area is 83.7 Å². The van der Waals surface area contributed by atoms with Crippen molar-refractivity contribution in [3.05, 3.63) is 24.0 Å². The molecule has 2 rings (SSSR count). The Bertz CT molecular complexity index is 277. The number of nitrogens with zero attached hydrogens (tertiary/aromatic N) is 1. The lowest BCUT2D eigenvalue weighted by Gasteiger charge is -2.28. The lowest BCUT2D eigenvalue weighted by molar-refractivity contribution is -0.127. The second-order valence-corrected chi connectivity index (χ2v) is 3.48. The molecule has 2 aliphatic heterocycles. The number of nitrogens with one attached hydrogen (secondary N) is 2. The third-order valence-electron chi connectivity index (χ3n) is 2.49. The van der Waals surface area contributed by atoms with Crippen molar-refractivity contribution in [2.75, 3.05) is 26.2 Å². The summed E-state index contributed by atoms with van der Waals surface area (Å²) in [6.45, 7) is 3.45. The second kappa shape index (κ2) is 4.28. The summed E-state index contributed by atoms with van der Waals surface area (Å²) < 4.78 is 0. The minimum atomic E-state index is 0.170. The van der Waals surface area contributed by atoms with Crippen molar-refractivity contribution in [1.29, 1.82) is 0 Å². The number of allylic oxidation sites excluding steroid dienone is 1. The van der Waals surface area contributed by atoms with E-state index in [1.807, 2.05) is 17.2 Å². The van der Waals surface area contributed by atoms with Crippen molar-refractivity contribution < 1.29 is 4.79 Å². The molecule has 1 fully saturated rings. The molecule has 14 heavy (non-hydrogen) atoms. The molecule has 0 bridgehead atoms. The summed E-state index contributed by atoms with van der Waals surface area (Å²) in [6.07, 6.45) is 6.37. The van der Waals surface area contributed by atoms with E-state index in [0.717, 1.165) is 38.2 Å². The summed E-state index contributed by atoms with van der Waals surface area (Å²) in [6, 6.07) is 0. The monoisotopic (exact) mass is 193 g/mol. The van der Waals surface area contributed by atoms with Crippen molar-refractivity contribution in [3.63, 3.8) is 0 Å². The predicted octanol–water partition coefficient (Wildman–Crippen LogP) is -0.191. The van der Waals surface area contributed by atoms with Crippen LogP contribution in [0.15, 0.2) is 24.0 Å². The molecule has 76 valence electrons. The SMILES string of the molecule is O=C(C1=CNC=CC1)N1CCNCC1. The molecule has 0 spiro atoms. The maximum atomic E-state index is 11.9. The molecule has 0 saturated carbocycles. The van der Waals surface area contributed by atoms with Crippen LogP contribution in [0.2, 0.25) is 0 Å². The first-order valence-electron chi connectivity index (χ1n) is 4.98. The normalized spacial score (nSPS) is 21.4. The van der Waals surface area contributed by atoms with Gasteiger partial charge in [0.15, 0.2) is 0 Å². The zero-order valence-corrected chi connectivity index (χ0v) is 8.12. The third kappa shape index (κ3) is 1.96. The summed E-state index contributed by atoms with van der Waals surface area (Å²) in [4.78, 5) is 13.8. The third-order valence-corrected chi connectivity index (χ3v) is 2.49. The van der Waals surface area contributed by atoms with E-state index in [0.29, 0.717) is 0 Å². The van der Waals surface area contributed by atoms with Crippen LogP contribution < -0.4 is 10.6 Å². The first-order valence-corrected chi connectivity index (χ1v) is 4.98. The van der Waals surface area contributed by atoms with E-state index in [9.17, 15) is 4.79 Å². The van der Waals surface area contributed by atoms with Gasteiger partial charge < -0.3 is 15.5 Å². The smallest absolute Gasteiger partial charge is 0.251 e. The highest BCUT2D eigenvalue weighted by atomic mass is 16.2. The molecule has 4 nitrogen and oxygen atoms in total. The van der Waals surface area contributed by atoms with Crippen molar-refractivity contribution in [2.45, 2.75) is 6.42 Å². The van der Waals surface area contributed by atoms with Gasteiger partial charge in [-0.15, -0.1) is 0 Å². The number of carbonyl (C=O) groups excluding carboxylic acids is 1. The number of hydrogen-bond donors (Lipinski definition) is 2. The zero-order valence-electron chi connectivity index (χ0n) is 8.12. The molecule has 0 radical (unpaired) electrons. The highest BCUT2D eigenvalue weighted by Crippen LogP contribution is 2.10. The maximum Gasteiger partial charge on any atom is 0.251 e. The highest BCUT2D eigenvalue weighted by molar-refractivity contribution is 5.93. The van der Waals surface area contributed by atoms with Crippen LogP contribution in [-0.4, -0.2) is 37.0 Å². The maximum absolute atomic E-state index is 11.9. The standard InChI is InChI=1S/C10H15N3O/c14-10(9-2-1-3-12-8-9)13-6-4-11-5-7-13/h1,3,8,11-12H,2,4-7H2. The summed E-state index contributed by atoms with van der Waals surface area (Å²) in [5.41, 5.74) is 0.856. The number of rotatable bonds is 1. The van der Waals surface area contributed by atoms with E-state index >= 15 is 0 Å². The van der Waals surface area contributed by atoms with Gasteiger partial charge in [-0.3, -0.25) is 4.79 Å². The Morgan fingerprint density at radius 1 is 1.36 bits per heavy atom. The Kier molecular flexibility index (Phi) is 2.84. The van der Waals surface area contributed by atoms with Crippen LogP contribution >= 0.6 is 0 Å². The summed E-state index contributed by atoms with van der Waals surface area (Å²) in [5.74, 6) is 0.170. The Morgan fingerprint density at radius 2 is 2.14 bits per heavy atom. The fourth-order valence-electron chi connectivity index (χ4n) is 1.68. The molecule has 2 heterocycles. The van der Waals surface area contributed by atoms with Crippen molar-refractivity contribution in [1.82, 2.24) is 15.5 Å². The van der Waals surface area contributed by atoms with Crippen LogP contribution in [0.5, 0.6) is 0 Å². The number of hydrogen-bond acceptors (Lipinski definition) is 3. The highest BCUT2D eigenvalue weighted by Gasteiger charge is 2.19. The van der Waals surface area contributed by atoms with Gasteiger partial charge in [-0.25, -0.2) is 0 Å². The molecule has 0 aliphatic carbocycles. The van der Waals surface area contributed by atoms with Gasteiger partial charge in [0.1, 0.15) is 0 Å². The molecule has 2 aliphatic rings. The van der Waals surface area contributed by atoms with Gasteiger partial charge in [0, 0.05) is 38.0 Å². The lowest BCUT2D eigenvalue weighted by Crippen LogP contribution is -2.47. The molecule has 0 aromatic rings. The van der Waals surface area contributed by atoms with E-state index in [2.05, 4.69) is 10.6 Å². The minimum Gasteiger partial charge on any atom is -0.367 e. The van der Waals surface area contributed by atoms with E-state index in [-0.39, 0.29) is 5.91 Å². The van der Waals surface area contributed by atoms with Gasteiger partial charge in [-0.1, -0.05) is 6.08 Å². The first kappa shape index (κ1) is 9.27. The van der Waals surface area contributed by atoms with Crippen LogP contribution in [-0.2, 0) is 4.79 Å². The molecule has 2 N–H and O–H groups in total. The Morgan fingerprint density at radius 3 is 2.79 bits per heavy atom. The van der Waals surface area contributed by atoms with Gasteiger partial charge in [-0.2, -0.15) is 0 Å². The predicted molar refractivity (Wildman–Crippen MR) is 54.4 cm³/mol. The average Bonchev–Trinajstić information content (AvgIpc) is 2.30. The molecule has 0 atom stereocenters. The molecular formula is C10H15N3O. The van der Waals surface area contributed by atoms with E-state index in [4.69, 9.17) is 0 Å². The quantitative estimate of drug-likeness (QED) is 0.606. The fourth-order valence-corrected chi connectivity index (χ4v) is 1.68. The van der Waals surface area contributed by atoms with E-state index in [1.165, 1.54) is 0 Å². The number of dihydropyridines is 1. The lowest BCUT2D eigenvalue weighted by atomic mass is 10.1. The number of carbonyl (C=O) groups is 1. The van der Waals surface area contributed by atoms with Crippen LogP contribution in [0.3, 0.4) is 0 Å². The average molecular weight is 193 g/mol. The van der Waals surface area contributed by atoms with Crippen LogP contribution in [0, 0.1) is 0 Å². The minimum absolute atomic E-state index is 0.170. The number of amides is 1. The van der Waals surface area contributed by atoms with Crippen molar-refractivity contribution in [3.8, 4) is 0 Å². The van der Waals surface area contributed by atoms with Gasteiger partial charge in [-0.05, 0) is 12.6 Å². The summed E-state index contributed by atoms with van der Waals surface area (Å²) in [5, 5.41) is 6.18. The van der Waals surface area contributed by atoms with Gasteiger partial charge in [0.25, 0.3) is 5.91 Å². The topological polar surface area (TPSA) is 44.4 Å². The number of piperazine rings is 1. The van der Waals surface area contributed by atoms with E-state index in [1.54, 1.807) is 6.20 Å². The Hall–Kier alpha value is -1.29. The molecule has 0 aromatic carbocycles. The Balaban J connectivity index is 1.96. The fraction of sp³-hybridized carbons (Fsp3) is 0.500. The molecule has 1 saturated heterocycles. The molecule has 1 amide bonds. The molecular weight excluding hydrogens is 178 g/mol. The van der Waals surface area contributed by atoms with Crippen LogP contribution in [0.4, 0.5) is 0 Å². The van der Waals surface area contributed by atoms with Gasteiger partial charge in [0.2, 0.25) is 0 Å². The van der Waals surface area contributed by atoms with Crippen LogP contribution in [0.1, 0.15) is 6.42 Å². The summed E-state index contributed by atoms with van der Waals surface area (Å²) in [7, 11) is 0. The second-order valence-electron chi connectivity index (χ2n) is 3.48. The molecule has 0 unspecified atom stereocenters. The van der Waals surface area contributed by atoms with Gasteiger partial charge in [0.05, 0.1) is 0 Å². The first-order chi connectivity index (χ1) is 6.88. The van der Waals surface area contributed by atoms with Gasteiger partial charge >= 0.3 is 0 Å². The molecule has 4 heteroatoms. The molecule has 0 aromatic heterocycles. The van der Waals surface area contributed by atoms with E-state index < -0.39 is 0 Å². The van der Waals surface area contributed by atoms with Crippen molar-refractivity contribution >= 4 is 5.91 Å². The largest absolute Gasteiger partial charge is 0.367 e. The van der Waals surface area contributed by atoms with Crippen molar-refractivity contribution in [2.24, 2.45) is 0 Å².